The molecule has 0 saturated carbocycles. The molecule has 5 nitrogen and oxygen atoms in total. The molecule has 1 amide bonds. The monoisotopic (exact) mass is 441 g/mol. The Bertz CT molecular complexity index is 1320. The average molecular weight is 442 g/mol. The summed E-state index contributed by atoms with van der Waals surface area (Å²) in [6, 6.07) is 15.4. The summed E-state index contributed by atoms with van der Waals surface area (Å²) >= 11 is 12.1. The number of hydrogen-bond acceptors (Lipinski definition) is 3. The molecule has 8 heteroatoms. The first-order valence-corrected chi connectivity index (χ1v) is 9.67. The zero-order valence-corrected chi connectivity index (χ0v) is 16.9. The number of halogens is 3. The fourth-order valence-corrected chi connectivity index (χ4v) is 3.41. The minimum Gasteiger partial charge on any atom is -0.320 e. The van der Waals surface area contributed by atoms with Crippen LogP contribution in [0.25, 0.3) is 11.0 Å². The molecule has 1 N–H and O–H groups in total. The van der Waals surface area contributed by atoms with Crippen LogP contribution in [-0.2, 0) is 6.54 Å². The van der Waals surface area contributed by atoms with Crippen molar-refractivity contribution in [2.75, 3.05) is 5.32 Å². The zero-order chi connectivity index (χ0) is 21.3. The van der Waals surface area contributed by atoms with Crippen molar-refractivity contribution in [2.24, 2.45) is 0 Å². The Hall–Kier alpha value is -3.22. The second kappa shape index (κ2) is 8.26. The van der Waals surface area contributed by atoms with E-state index in [2.05, 4.69) is 10.3 Å². The highest BCUT2D eigenvalue weighted by Gasteiger charge is 2.18. The maximum absolute atomic E-state index is 13.2. The van der Waals surface area contributed by atoms with Crippen molar-refractivity contribution in [3.63, 3.8) is 0 Å². The molecule has 0 aliphatic heterocycles. The Morgan fingerprint density at radius 2 is 1.83 bits per heavy atom. The topological polar surface area (TPSA) is 64.0 Å². The molecule has 0 bridgehead atoms. The number of carbonyl (C=O) groups excluding carboxylic acids is 1. The van der Waals surface area contributed by atoms with Crippen molar-refractivity contribution < 1.29 is 9.18 Å². The molecule has 4 rings (SSSR count). The first-order valence-electron chi connectivity index (χ1n) is 8.92. The summed E-state index contributed by atoms with van der Waals surface area (Å²) in [5.41, 5.74) is 0.810. The number of fused-ring (bicyclic) bond motifs is 1. The molecule has 30 heavy (non-hydrogen) atoms. The number of aromatic nitrogens is 2. The second-order valence-corrected chi connectivity index (χ2v) is 7.41. The molecule has 0 unspecified atom stereocenters. The van der Waals surface area contributed by atoms with Crippen molar-refractivity contribution in [3.05, 3.63) is 104 Å². The summed E-state index contributed by atoms with van der Waals surface area (Å²) in [5.74, 6) is -0.997. The number of pyridine rings is 2. The Balaban J connectivity index is 1.79. The van der Waals surface area contributed by atoms with Gasteiger partial charge in [-0.1, -0.05) is 35.3 Å². The number of benzene rings is 2. The molecule has 2 heterocycles. The molecular formula is C22H14Cl2FN3O2. The average Bonchev–Trinajstić information content (AvgIpc) is 2.74. The SMILES string of the molecule is O=C(Nc1cc(Cl)ccc1Cl)c1cc2cccnc2n(Cc2ccc(F)cc2)c1=O. The van der Waals surface area contributed by atoms with Gasteiger partial charge in [-0.15, -0.1) is 0 Å². The Kier molecular flexibility index (Phi) is 5.53. The lowest BCUT2D eigenvalue weighted by Crippen LogP contribution is -2.30. The minimum absolute atomic E-state index is 0.0753. The van der Waals surface area contributed by atoms with Gasteiger partial charge >= 0.3 is 0 Å². The number of rotatable bonds is 4. The van der Waals surface area contributed by atoms with Crippen LogP contribution in [0.1, 0.15) is 15.9 Å². The van der Waals surface area contributed by atoms with E-state index in [0.717, 1.165) is 0 Å². The molecule has 0 aliphatic rings. The molecule has 0 atom stereocenters. The summed E-state index contributed by atoms with van der Waals surface area (Å²) < 4.78 is 14.6. The van der Waals surface area contributed by atoms with Crippen LogP contribution in [0.5, 0.6) is 0 Å². The molecule has 0 spiro atoms. The van der Waals surface area contributed by atoms with Gasteiger partial charge in [0.15, 0.2) is 0 Å². The predicted molar refractivity (Wildman–Crippen MR) is 116 cm³/mol. The van der Waals surface area contributed by atoms with Gasteiger partial charge in [-0.05, 0) is 54.1 Å². The van der Waals surface area contributed by atoms with Crippen molar-refractivity contribution in [1.82, 2.24) is 9.55 Å². The lowest BCUT2D eigenvalue weighted by atomic mass is 10.1. The molecule has 2 aromatic heterocycles. The maximum Gasteiger partial charge on any atom is 0.265 e. The molecule has 0 saturated heterocycles. The Labute approximate surface area is 180 Å². The van der Waals surface area contributed by atoms with E-state index >= 15 is 0 Å². The third-order valence-electron chi connectivity index (χ3n) is 4.52. The van der Waals surface area contributed by atoms with Gasteiger partial charge in [0.25, 0.3) is 11.5 Å². The van der Waals surface area contributed by atoms with Gasteiger partial charge in [0, 0.05) is 16.6 Å². The van der Waals surface area contributed by atoms with Gasteiger partial charge in [-0.3, -0.25) is 14.2 Å². The molecule has 0 aliphatic carbocycles. The normalized spacial score (nSPS) is 10.9. The van der Waals surface area contributed by atoms with Crippen LogP contribution in [0.3, 0.4) is 0 Å². The molecule has 0 radical (unpaired) electrons. The van der Waals surface area contributed by atoms with Crippen LogP contribution in [0.15, 0.2) is 71.7 Å². The highest BCUT2D eigenvalue weighted by Crippen LogP contribution is 2.26. The predicted octanol–water partition coefficient (Wildman–Crippen LogP) is 5.14. The van der Waals surface area contributed by atoms with Gasteiger partial charge in [0.1, 0.15) is 17.0 Å². The molecule has 2 aromatic carbocycles. The van der Waals surface area contributed by atoms with Crippen molar-refractivity contribution in [3.8, 4) is 0 Å². The number of hydrogen-bond donors (Lipinski definition) is 1. The van der Waals surface area contributed by atoms with E-state index in [0.29, 0.717) is 32.3 Å². The van der Waals surface area contributed by atoms with E-state index in [-0.39, 0.29) is 17.9 Å². The Morgan fingerprint density at radius 3 is 2.60 bits per heavy atom. The van der Waals surface area contributed by atoms with E-state index in [9.17, 15) is 14.0 Å². The number of carbonyl (C=O) groups is 1. The van der Waals surface area contributed by atoms with Crippen molar-refractivity contribution in [2.45, 2.75) is 6.54 Å². The van der Waals surface area contributed by atoms with E-state index in [1.165, 1.54) is 28.8 Å². The number of amides is 1. The lowest BCUT2D eigenvalue weighted by molar-refractivity contribution is 0.102. The Morgan fingerprint density at radius 1 is 1.07 bits per heavy atom. The standard InChI is InChI=1S/C22H14Cl2FN3O2/c23-15-5-8-18(24)19(11-15)27-21(29)17-10-14-2-1-9-26-20(14)28(22(17)30)12-13-3-6-16(25)7-4-13/h1-11H,12H2,(H,27,29). The third-order valence-corrected chi connectivity index (χ3v) is 5.09. The molecule has 4 aromatic rings. The van der Waals surface area contributed by atoms with Gasteiger partial charge in [0.05, 0.1) is 17.3 Å². The quantitative estimate of drug-likeness (QED) is 0.476. The third kappa shape index (κ3) is 4.06. The van der Waals surface area contributed by atoms with E-state index in [4.69, 9.17) is 23.2 Å². The smallest absolute Gasteiger partial charge is 0.265 e. The number of nitrogens with one attached hydrogen (secondary N) is 1. The zero-order valence-electron chi connectivity index (χ0n) is 15.4. The van der Waals surface area contributed by atoms with Gasteiger partial charge in [-0.2, -0.15) is 0 Å². The highest BCUT2D eigenvalue weighted by molar-refractivity contribution is 6.35. The second-order valence-electron chi connectivity index (χ2n) is 6.57. The minimum atomic E-state index is -0.622. The van der Waals surface area contributed by atoms with Gasteiger partial charge in [0.2, 0.25) is 0 Å². The van der Waals surface area contributed by atoms with Crippen molar-refractivity contribution in [1.29, 1.82) is 0 Å². The van der Waals surface area contributed by atoms with E-state index in [1.807, 2.05) is 0 Å². The largest absolute Gasteiger partial charge is 0.320 e. The van der Waals surface area contributed by atoms with Crippen molar-refractivity contribution >= 4 is 45.8 Å². The number of anilines is 1. The summed E-state index contributed by atoms with van der Waals surface area (Å²) in [5, 5.41) is 3.93. The first kappa shape index (κ1) is 20.1. The summed E-state index contributed by atoms with van der Waals surface area (Å²) in [6.45, 7) is 0.131. The lowest BCUT2D eigenvalue weighted by Gasteiger charge is -2.13. The first-order chi connectivity index (χ1) is 14.4. The van der Waals surface area contributed by atoms with Crippen LogP contribution in [0.2, 0.25) is 10.0 Å². The van der Waals surface area contributed by atoms with E-state index < -0.39 is 11.5 Å². The molecule has 150 valence electrons. The molecule has 0 fully saturated rings. The van der Waals surface area contributed by atoms with Crippen LogP contribution < -0.4 is 10.9 Å². The van der Waals surface area contributed by atoms with E-state index in [1.54, 1.807) is 42.6 Å². The summed E-state index contributed by atoms with van der Waals surface area (Å²) in [4.78, 5) is 30.3. The maximum atomic E-state index is 13.2. The van der Waals surface area contributed by atoms with Crippen LogP contribution in [-0.4, -0.2) is 15.5 Å². The summed E-state index contributed by atoms with van der Waals surface area (Å²) in [6.07, 6.45) is 1.56. The molecular weight excluding hydrogens is 428 g/mol. The fourth-order valence-electron chi connectivity index (χ4n) is 3.07. The summed E-state index contributed by atoms with van der Waals surface area (Å²) in [7, 11) is 0. The fraction of sp³-hybridized carbons (Fsp3) is 0.0455. The number of nitrogens with zero attached hydrogens (tertiary/aromatic N) is 2. The van der Waals surface area contributed by atoms with Gasteiger partial charge < -0.3 is 5.32 Å². The van der Waals surface area contributed by atoms with Crippen LogP contribution in [0.4, 0.5) is 10.1 Å². The van der Waals surface area contributed by atoms with Crippen LogP contribution >= 0.6 is 23.2 Å². The van der Waals surface area contributed by atoms with Gasteiger partial charge in [-0.25, -0.2) is 9.37 Å². The highest BCUT2D eigenvalue weighted by atomic mass is 35.5. The van der Waals surface area contributed by atoms with Crippen LogP contribution in [0, 0.1) is 5.82 Å².